The van der Waals surface area contributed by atoms with E-state index in [1.165, 1.54) is 6.33 Å². The van der Waals surface area contributed by atoms with Crippen molar-refractivity contribution in [3.63, 3.8) is 0 Å². The molecule has 3 rings (SSSR count). The molecule has 5 nitrogen and oxygen atoms in total. The molecule has 17 heavy (non-hydrogen) atoms. The van der Waals surface area contributed by atoms with Crippen molar-refractivity contribution in [3.05, 3.63) is 41.4 Å². The average molecular weight is 248 g/mol. The highest BCUT2D eigenvalue weighted by Gasteiger charge is 2.20. The second-order valence-corrected chi connectivity index (χ2v) is 4.03. The number of nitrogens with one attached hydrogen (secondary N) is 1. The number of aliphatic imine (C=N–C) groups is 1. The fourth-order valence-electron chi connectivity index (χ4n) is 1.78. The zero-order chi connectivity index (χ0) is 11.7. The van der Waals surface area contributed by atoms with Gasteiger partial charge in [-0.05, 0) is 12.1 Å². The van der Waals surface area contributed by atoms with Crippen molar-refractivity contribution < 1.29 is 0 Å². The molecule has 1 atom stereocenters. The van der Waals surface area contributed by atoms with E-state index in [9.17, 15) is 0 Å². The summed E-state index contributed by atoms with van der Waals surface area (Å²) >= 11 is 6.15. The number of aromatic nitrogens is 3. The lowest BCUT2D eigenvalue weighted by Crippen LogP contribution is -2.19. The quantitative estimate of drug-likeness (QED) is 0.877. The van der Waals surface area contributed by atoms with Gasteiger partial charge in [-0.2, -0.15) is 5.10 Å². The van der Waals surface area contributed by atoms with E-state index in [-0.39, 0.29) is 6.17 Å². The zero-order valence-electron chi connectivity index (χ0n) is 8.92. The third-order valence-electron chi connectivity index (χ3n) is 2.56. The first-order valence-electron chi connectivity index (χ1n) is 5.26. The van der Waals surface area contributed by atoms with Crippen molar-refractivity contribution in [2.24, 2.45) is 4.99 Å². The first-order chi connectivity index (χ1) is 8.36. The van der Waals surface area contributed by atoms with Crippen LogP contribution in [-0.2, 0) is 0 Å². The smallest absolute Gasteiger partial charge is 0.171 e. The van der Waals surface area contributed by atoms with Crippen LogP contribution in [0.1, 0.15) is 12.0 Å². The van der Waals surface area contributed by atoms with Gasteiger partial charge in [0.05, 0.1) is 10.7 Å². The van der Waals surface area contributed by atoms with E-state index in [2.05, 4.69) is 20.4 Å². The number of hydrogen-bond acceptors (Lipinski definition) is 4. The highest BCUT2D eigenvalue weighted by molar-refractivity contribution is 6.32. The van der Waals surface area contributed by atoms with Crippen LogP contribution in [0.4, 0.5) is 0 Å². The largest absolute Gasteiger partial charge is 0.284 e. The number of halogens is 1. The maximum absolute atomic E-state index is 6.15. The number of benzene rings is 1. The fraction of sp³-hybridized carbons (Fsp3) is 0.182. The summed E-state index contributed by atoms with van der Waals surface area (Å²) in [6.07, 6.45) is 3.19. The van der Waals surface area contributed by atoms with E-state index >= 15 is 0 Å². The highest BCUT2D eigenvalue weighted by Crippen LogP contribution is 2.23. The molecule has 0 saturated heterocycles. The van der Waals surface area contributed by atoms with Gasteiger partial charge in [0.2, 0.25) is 0 Å². The Kier molecular flexibility index (Phi) is 2.62. The molecule has 0 saturated carbocycles. The predicted octanol–water partition coefficient (Wildman–Crippen LogP) is 1.59. The topological polar surface area (TPSA) is 55.1 Å². The number of para-hydroxylation sites is 1. The Morgan fingerprint density at radius 2 is 2.24 bits per heavy atom. The van der Waals surface area contributed by atoms with Gasteiger partial charge in [-0.1, -0.05) is 23.7 Å². The van der Waals surface area contributed by atoms with Crippen molar-refractivity contribution in [2.45, 2.75) is 6.17 Å². The van der Waals surface area contributed by atoms with Gasteiger partial charge in [-0.15, -0.1) is 0 Å². The van der Waals surface area contributed by atoms with Crippen LogP contribution in [0.5, 0.6) is 0 Å². The van der Waals surface area contributed by atoms with Gasteiger partial charge < -0.3 is 0 Å². The highest BCUT2D eigenvalue weighted by atomic mass is 35.5. The molecule has 1 aliphatic rings. The summed E-state index contributed by atoms with van der Waals surface area (Å²) in [5, 5.41) is 8.04. The molecular formula is C11H10ClN5. The summed E-state index contributed by atoms with van der Waals surface area (Å²) in [4.78, 5) is 8.52. The Hall–Kier alpha value is -1.72. The molecule has 2 heterocycles. The van der Waals surface area contributed by atoms with Crippen LogP contribution < -0.4 is 5.32 Å². The summed E-state index contributed by atoms with van der Waals surface area (Å²) in [5.41, 5.74) is 0.811. The summed E-state index contributed by atoms with van der Waals surface area (Å²) in [6, 6.07) is 7.53. The monoisotopic (exact) mass is 247 g/mol. The second-order valence-electron chi connectivity index (χ2n) is 3.62. The first kappa shape index (κ1) is 10.4. The molecule has 0 amide bonds. The first-order valence-corrected chi connectivity index (χ1v) is 5.64. The number of hydrogen-bond donors (Lipinski definition) is 1. The van der Waals surface area contributed by atoms with Crippen LogP contribution >= 0.6 is 11.6 Å². The van der Waals surface area contributed by atoms with Crippen molar-refractivity contribution in [2.75, 3.05) is 6.54 Å². The lowest BCUT2D eigenvalue weighted by Gasteiger charge is -2.11. The van der Waals surface area contributed by atoms with Gasteiger partial charge in [0.15, 0.2) is 12.0 Å². The van der Waals surface area contributed by atoms with Crippen LogP contribution in [0, 0.1) is 0 Å². The molecule has 0 spiro atoms. The fourth-order valence-corrected chi connectivity index (χ4v) is 1.99. The maximum Gasteiger partial charge on any atom is 0.171 e. The minimum absolute atomic E-state index is 0.145. The molecule has 0 aliphatic carbocycles. The summed E-state index contributed by atoms with van der Waals surface area (Å²) in [7, 11) is 0. The molecule has 0 bridgehead atoms. The molecule has 1 aromatic carbocycles. The van der Waals surface area contributed by atoms with Crippen molar-refractivity contribution in [1.82, 2.24) is 20.1 Å². The Morgan fingerprint density at radius 1 is 1.35 bits per heavy atom. The lowest BCUT2D eigenvalue weighted by atomic mass is 10.3. The van der Waals surface area contributed by atoms with Crippen molar-refractivity contribution in [1.29, 1.82) is 0 Å². The summed E-state index contributed by atoms with van der Waals surface area (Å²) in [5.74, 6) is 0.742. The Morgan fingerprint density at radius 3 is 3.00 bits per heavy atom. The minimum Gasteiger partial charge on any atom is -0.284 e. The SMILES string of the molecule is Clc1ccccc1-n1ncnc1C1N=CCN1. The van der Waals surface area contributed by atoms with E-state index in [1.54, 1.807) is 4.68 Å². The van der Waals surface area contributed by atoms with Gasteiger partial charge in [0.1, 0.15) is 6.33 Å². The molecule has 0 radical (unpaired) electrons. The minimum atomic E-state index is -0.145. The van der Waals surface area contributed by atoms with Crippen LogP contribution in [0.2, 0.25) is 5.02 Å². The third-order valence-corrected chi connectivity index (χ3v) is 2.88. The molecular weight excluding hydrogens is 238 g/mol. The Labute approximate surface area is 103 Å². The third kappa shape index (κ3) is 1.83. The van der Waals surface area contributed by atoms with Crippen LogP contribution in [0.3, 0.4) is 0 Å². The molecule has 1 unspecified atom stereocenters. The number of nitrogens with zero attached hydrogens (tertiary/aromatic N) is 4. The Bertz CT molecular complexity index is 562. The zero-order valence-corrected chi connectivity index (χ0v) is 9.67. The van der Waals surface area contributed by atoms with Gasteiger partial charge in [0.25, 0.3) is 0 Å². The van der Waals surface area contributed by atoms with Crippen molar-refractivity contribution >= 4 is 17.8 Å². The molecule has 0 fully saturated rings. The standard InChI is InChI=1S/C11H10ClN5/c12-8-3-1-2-4-9(8)17-11(15-7-16-17)10-13-5-6-14-10/h1-5,7,10,14H,6H2. The number of rotatable bonds is 2. The summed E-state index contributed by atoms with van der Waals surface area (Å²) in [6.45, 7) is 0.750. The molecule has 1 N–H and O–H groups in total. The van der Waals surface area contributed by atoms with E-state index in [0.29, 0.717) is 5.02 Å². The molecule has 6 heteroatoms. The van der Waals surface area contributed by atoms with E-state index in [1.807, 2.05) is 30.5 Å². The molecule has 1 aromatic heterocycles. The van der Waals surface area contributed by atoms with Gasteiger partial charge in [-0.25, -0.2) is 9.67 Å². The normalized spacial score (nSPS) is 18.8. The van der Waals surface area contributed by atoms with Crippen LogP contribution in [0.25, 0.3) is 5.69 Å². The summed E-state index contributed by atoms with van der Waals surface area (Å²) < 4.78 is 1.71. The van der Waals surface area contributed by atoms with Crippen LogP contribution in [-0.4, -0.2) is 27.5 Å². The molecule has 2 aromatic rings. The van der Waals surface area contributed by atoms with Gasteiger partial charge in [-0.3, -0.25) is 10.3 Å². The predicted molar refractivity (Wildman–Crippen MR) is 65.6 cm³/mol. The van der Waals surface area contributed by atoms with Crippen molar-refractivity contribution in [3.8, 4) is 5.69 Å². The van der Waals surface area contributed by atoms with E-state index in [0.717, 1.165) is 18.1 Å². The van der Waals surface area contributed by atoms with Crippen LogP contribution in [0.15, 0.2) is 35.6 Å². The van der Waals surface area contributed by atoms with Gasteiger partial charge >= 0.3 is 0 Å². The molecule has 1 aliphatic heterocycles. The lowest BCUT2D eigenvalue weighted by molar-refractivity contribution is 0.582. The maximum atomic E-state index is 6.15. The van der Waals surface area contributed by atoms with E-state index < -0.39 is 0 Å². The second kappa shape index (κ2) is 4.27. The van der Waals surface area contributed by atoms with E-state index in [4.69, 9.17) is 11.6 Å². The average Bonchev–Trinajstić information content (AvgIpc) is 3.00. The van der Waals surface area contributed by atoms with Gasteiger partial charge in [0, 0.05) is 12.8 Å². The Balaban J connectivity index is 2.07. The molecule has 86 valence electrons.